The number of hydrogen-bond donors (Lipinski definition) is 1. The summed E-state index contributed by atoms with van der Waals surface area (Å²) in [5.74, 6) is 1.15. The minimum absolute atomic E-state index is 0.0731. The molecule has 3 rings (SSSR count). The normalized spacial score (nSPS) is 13.8. The van der Waals surface area contributed by atoms with Gasteiger partial charge in [0.25, 0.3) is 5.91 Å². The molecule has 5 heteroatoms. The molecule has 0 aliphatic carbocycles. The second-order valence-corrected chi connectivity index (χ2v) is 5.73. The van der Waals surface area contributed by atoms with E-state index in [2.05, 4.69) is 21.2 Å². The average Bonchev–Trinajstić information content (AvgIpc) is 2.95. The van der Waals surface area contributed by atoms with E-state index in [4.69, 9.17) is 9.47 Å². The molecule has 0 fully saturated rings. The molecule has 2 aromatic rings. The van der Waals surface area contributed by atoms with Crippen molar-refractivity contribution in [3.63, 3.8) is 0 Å². The van der Waals surface area contributed by atoms with Crippen LogP contribution in [-0.4, -0.2) is 12.7 Å². The van der Waals surface area contributed by atoms with Gasteiger partial charge in [-0.15, -0.1) is 0 Å². The van der Waals surface area contributed by atoms with Crippen LogP contribution in [0.25, 0.3) is 0 Å². The van der Waals surface area contributed by atoms with Crippen molar-refractivity contribution in [2.24, 2.45) is 0 Å². The first-order chi connectivity index (χ1) is 10.1. The maximum absolute atomic E-state index is 12.3. The van der Waals surface area contributed by atoms with Crippen LogP contribution in [0.3, 0.4) is 0 Å². The van der Waals surface area contributed by atoms with Crippen molar-refractivity contribution >= 4 is 21.8 Å². The highest BCUT2D eigenvalue weighted by Gasteiger charge is 2.17. The predicted octanol–water partition coefficient (Wildman–Crippen LogP) is 3.67. The molecule has 1 aliphatic rings. The van der Waals surface area contributed by atoms with E-state index < -0.39 is 0 Å². The fraction of sp³-hybridized carbons (Fsp3) is 0.188. The van der Waals surface area contributed by atoms with Crippen LogP contribution in [-0.2, 0) is 0 Å². The van der Waals surface area contributed by atoms with Gasteiger partial charge in [0, 0.05) is 10.0 Å². The van der Waals surface area contributed by atoms with Crippen molar-refractivity contribution in [2.75, 3.05) is 6.79 Å². The van der Waals surface area contributed by atoms with E-state index in [0.717, 1.165) is 10.0 Å². The first-order valence-electron chi connectivity index (χ1n) is 6.59. The number of ether oxygens (including phenoxy) is 2. The maximum Gasteiger partial charge on any atom is 0.251 e. The van der Waals surface area contributed by atoms with Crippen molar-refractivity contribution in [1.29, 1.82) is 0 Å². The molecule has 1 N–H and O–H groups in total. The standard InChI is InChI=1S/C16H14BrNO3/c1-10(11-2-5-13(17)6-3-11)18-16(19)12-4-7-14-15(8-12)21-9-20-14/h2-8,10H,9H2,1H3,(H,18,19)/t10-/m1/s1. The monoisotopic (exact) mass is 347 g/mol. The molecule has 0 bridgehead atoms. The highest BCUT2D eigenvalue weighted by molar-refractivity contribution is 9.10. The summed E-state index contributed by atoms with van der Waals surface area (Å²) in [6.45, 7) is 2.16. The molecular weight excluding hydrogens is 334 g/mol. The van der Waals surface area contributed by atoms with Crippen LogP contribution in [0, 0.1) is 0 Å². The van der Waals surface area contributed by atoms with Crippen LogP contribution in [0.2, 0.25) is 0 Å². The number of carbonyl (C=O) groups excluding carboxylic acids is 1. The van der Waals surface area contributed by atoms with Gasteiger partial charge < -0.3 is 14.8 Å². The van der Waals surface area contributed by atoms with E-state index in [0.29, 0.717) is 17.1 Å². The third-order valence-electron chi connectivity index (χ3n) is 3.35. The third kappa shape index (κ3) is 3.03. The van der Waals surface area contributed by atoms with Gasteiger partial charge in [-0.3, -0.25) is 4.79 Å². The Kier molecular flexibility index (Phi) is 3.84. The number of carbonyl (C=O) groups is 1. The summed E-state index contributed by atoms with van der Waals surface area (Å²) in [4.78, 5) is 12.3. The molecule has 0 spiro atoms. The van der Waals surface area contributed by atoms with Gasteiger partial charge in [-0.2, -0.15) is 0 Å². The number of rotatable bonds is 3. The van der Waals surface area contributed by atoms with E-state index in [9.17, 15) is 4.79 Å². The number of amides is 1. The molecule has 0 saturated carbocycles. The van der Waals surface area contributed by atoms with E-state index in [1.807, 2.05) is 31.2 Å². The Morgan fingerprint density at radius 3 is 2.62 bits per heavy atom. The average molecular weight is 348 g/mol. The van der Waals surface area contributed by atoms with Crippen molar-refractivity contribution in [3.8, 4) is 11.5 Å². The van der Waals surface area contributed by atoms with E-state index >= 15 is 0 Å². The first-order valence-corrected chi connectivity index (χ1v) is 7.39. The molecule has 1 aliphatic heterocycles. The molecule has 108 valence electrons. The van der Waals surface area contributed by atoms with Crippen molar-refractivity contribution in [1.82, 2.24) is 5.32 Å². The van der Waals surface area contributed by atoms with Crippen LogP contribution in [0.5, 0.6) is 11.5 Å². The fourth-order valence-corrected chi connectivity index (χ4v) is 2.42. The highest BCUT2D eigenvalue weighted by Crippen LogP contribution is 2.32. The van der Waals surface area contributed by atoms with Crippen LogP contribution >= 0.6 is 15.9 Å². The second kappa shape index (κ2) is 5.77. The molecule has 1 atom stereocenters. The lowest BCUT2D eigenvalue weighted by Crippen LogP contribution is -2.26. The van der Waals surface area contributed by atoms with Crippen LogP contribution < -0.4 is 14.8 Å². The topological polar surface area (TPSA) is 47.6 Å². The number of nitrogens with one attached hydrogen (secondary N) is 1. The summed E-state index contributed by atoms with van der Waals surface area (Å²) in [6.07, 6.45) is 0. The molecule has 0 unspecified atom stereocenters. The minimum Gasteiger partial charge on any atom is -0.454 e. The highest BCUT2D eigenvalue weighted by atomic mass is 79.9. The molecule has 21 heavy (non-hydrogen) atoms. The molecular formula is C16H14BrNO3. The summed E-state index contributed by atoms with van der Waals surface area (Å²) >= 11 is 3.40. The van der Waals surface area contributed by atoms with E-state index in [-0.39, 0.29) is 18.7 Å². The van der Waals surface area contributed by atoms with E-state index in [1.54, 1.807) is 18.2 Å². The number of halogens is 1. The summed E-state index contributed by atoms with van der Waals surface area (Å²) in [7, 11) is 0. The summed E-state index contributed by atoms with van der Waals surface area (Å²) in [5, 5.41) is 2.97. The SMILES string of the molecule is C[C@@H](NC(=O)c1ccc2c(c1)OCO2)c1ccc(Br)cc1. The Morgan fingerprint density at radius 1 is 1.14 bits per heavy atom. The summed E-state index contributed by atoms with van der Waals surface area (Å²) < 4.78 is 11.5. The van der Waals surface area contributed by atoms with Gasteiger partial charge in [0.15, 0.2) is 11.5 Å². The molecule has 1 heterocycles. The summed E-state index contributed by atoms with van der Waals surface area (Å²) in [5.41, 5.74) is 1.61. The first kappa shape index (κ1) is 13.9. The molecule has 0 saturated heterocycles. The zero-order valence-corrected chi connectivity index (χ0v) is 13.0. The Morgan fingerprint density at radius 2 is 1.86 bits per heavy atom. The largest absolute Gasteiger partial charge is 0.454 e. The third-order valence-corrected chi connectivity index (χ3v) is 3.88. The molecule has 0 radical (unpaired) electrons. The lowest BCUT2D eigenvalue weighted by atomic mass is 10.1. The molecule has 1 amide bonds. The fourth-order valence-electron chi connectivity index (χ4n) is 2.15. The minimum atomic E-state index is -0.135. The van der Waals surface area contributed by atoms with Crippen LogP contribution in [0.15, 0.2) is 46.9 Å². The number of benzene rings is 2. The summed E-state index contributed by atoms with van der Waals surface area (Å²) in [6, 6.07) is 13.0. The number of fused-ring (bicyclic) bond motifs is 1. The smallest absolute Gasteiger partial charge is 0.251 e. The van der Waals surface area contributed by atoms with E-state index in [1.165, 1.54) is 0 Å². The Balaban J connectivity index is 1.72. The van der Waals surface area contributed by atoms with Gasteiger partial charge in [0.05, 0.1) is 6.04 Å². The zero-order valence-electron chi connectivity index (χ0n) is 11.4. The Labute approximate surface area is 131 Å². The molecule has 4 nitrogen and oxygen atoms in total. The predicted molar refractivity (Wildman–Crippen MR) is 82.6 cm³/mol. The lowest BCUT2D eigenvalue weighted by molar-refractivity contribution is 0.0939. The number of hydrogen-bond acceptors (Lipinski definition) is 3. The quantitative estimate of drug-likeness (QED) is 0.921. The van der Waals surface area contributed by atoms with Gasteiger partial charge in [-0.05, 0) is 42.8 Å². The molecule has 0 aromatic heterocycles. The second-order valence-electron chi connectivity index (χ2n) is 4.81. The van der Waals surface area contributed by atoms with Crippen molar-refractivity contribution < 1.29 is 14.3 Å². The van der Waals surface area contributed by atoms with Crippen molar-refractivity contribution in [3.05, 3.63) is 58.1 Å². The van der Waals surface area contributed by atoms with Gasteiger partial charge in [-0.25, -0.2) is 0 Å². The van der Waals surface area contributed by atoms with Gasteiger partial charge in [-0.1, -0.05) is 28.1 Å². The van der Waals surface area contributed by atoms with Crippen molar-refractivity contribution in [2.45, 2.75) is 13.0 Å². The zero-order chi connectivity index (χ0) is 14.8. The van der Waals surface area contributed by atoms with Gasteiger partial charge in [0.1, 0.15) is 0 Å². The molecule has 2 aromatic carbocycles. The lowest BCUT2D eigenvalue weighted by Gasteiger charge is -2.14. The Bertz CT molecular complexity index is 670. The van der Waals surface area contributed by atoms with Crippen LogP contribution in [0.4, 0.5) is 0 Å². The van der Waals surface area contributed by atoms with Crippen LogP contribution in [0.1, 0.15) is 28.9 Å². The van der Waals surface area contributed by atoms with Gasteiger partial charge >= 0.3 is 0 Å². The van der Waals surface area contributed by atoms with Gasteiger partial charge in [0.2, 0.25) is 6.79 Å². The Hall–Kier alpha value is -2.01. The maximum atomic E-state index is 12.3.